The molecule has 0 rings (SSSR count). The van der Waals surface area contributed by atoms with Crippen LogP contribution in [-0.4, -0.2) is 38.0 Å². The van der Waals surface area contributed by atoms with E-state index in [2.05, 4.69) is 65.9 Å². The molecule has 0 fully saturated rings. The first kappa shape index (κ1) is 18.4. The summed E-state index contributed by atoms with van der Waals surface area (Å²) in [5, 5.41) is 3.10. The van der Waals surface area contributed by atoms with E-state index in [1.165, 1.54) is 0 Å². The minimum atomic E-state index is 0.0128. The molecule has 0 saturated carbocycles. The molecule has 0 bridgehead atoms. The fraction of sp³-hybridized carbons (Fsp3) is 0.938. The summed E-state index contributed by atoms with van der Waals surface area (Å²) in [4.78, 5) is 14.5. The average molecular weight is 270 g/mol. The topological polar surface area (TPSA) is 32.3 Å². The maximum absolute atomic E-state index is 12.4. The van der Waals surface area contributed by atoms with Crippen molar-refractivity contribution in [1.82, 2.24) is 10.2 Å². The number of nitrogens with zero attached hydrogens (tertiary/aromatic N) is 1. The van der Waals surface area contributed by atoms with Crippen molar-refractivity contribution >= 4 is 5.91 Å². The Balaban J connectivity index is 4.41. The molecule has 3 heteroatoms. The van der Waals surface area contributed by atoms with Crippen LogP contribution < -0.4 is 5.32 Å². The number of carbonyl (C=O) groups is 1. The Hall–Kier alpha value is -0.570. The lowest BCUT2D eigenvalue weighted by atomic mass is 9.71. The fourth-order valence-electron chi connectivity index (χ4n) is 2.13. The van der Waals surface area contributed by atoms with Gasteiger partial charge in [0.15, 0.2) is 0 Å². The monoisotopic (exact) mass is 270 g/mol. The second kappa shape index (κ2) is 7.28. The molecule has 19 heavy (non-hydrogen) atoms. The molecular formula is C16H34N2O. The Kier molecular flexibility index (Phi) is 7.06. The highest BCUT2D eigenvalue weighted by Crippen LogP contribution is 2.36. The molecular weight excluding hydrogens is 236 g/mol. The predicted molar refractivity (Wildman–Crippen MR) is 83.2 cm³/mol. The maximum Gasteiger partial charge on any atom is 0.223 e. The third-order valence-corrected chi connectivity index (χ3v) is 3.26. The summed E-state index contributed by atoms with van der Waals surface area (Å²) in [6, 6.07) is 0. The molecule has 1 atom stereocenters. The largest absolute Gasteiger partial charge is 0.356 e. The normalized spacial score (nSPS) is 14.6. The zero-order chi connectivity index (χ0) is 15.3. The van der Waals surface area contributed by atoms with Crippen LogP contribution in [0.25, 0.3) is 0 Å². The van der Waals surface area contributed by atoms with Crippen molar-refractivity contribution in [3.63, 3.8) is 0 Å². The molecule has 0 aliphatic carbocycles. The van der Waals surface area contributed by atoms with Gasteiger partial charge < -0.3 is 10.2 Å². The van der Waals surface area contributed by atoms with Gasteiger partial charge in [-0.2, -0.15) is 0 Å². The predicted octanol–water partition coefficient (Wildman–Crippen LogP) is 3.15. The van der Waals surface area contributed by atoms with Gasteiger partial charge >= 0.3 is 0 Å². The van der Waals surface area contributed by atoms with Gasteiger partial charge in [-0.1, -0.05) is 41.5 Å². The third-order valence-electron chi connectivity index (χ3n) is 3.26. The molecule has 0 spiro atoms. The van der Waals surface area contributed by atoms with Crippen LogP contribution in [0.4, 0.5) is 0 Å². The van der Waals surface area contributed by atoms with Gasteiger partial charge in [-0.05, 0) is 44.3 Å². The van der Waals surface area contributed by atoms with E-state index >= 15 is 0 Å². The van der Waals surface area contributed by atoms with E-state index < -0.39 is 0 Å². The van der Waals surface area contributed by atoms with Gasteiger partial charge in [0.2, 0.25) is 5.91 Å². The van der Waals surface area contributed by atoms with Crippen LogP contribution >= 0.6 is 0 Å². The molecule has 0 saturated heterocycles. The van der Waals surface area contributed by atoms with Crippen molar-refractivity contribution in [2.24, 2.45) is 16.7 Å². The van der Waals surface area contributed by atoms with Crippen LogP contribution in [0.3, 0.4) is 0 Å². The van der Waals surface area contributed by atoms with E-state index in [-0.39, 0.29) is 22.7 Å². The Morgan fingerprint density at radius 3 is 2.00 bits per heavy atom. The number of carbonyl (C=O) groups excluding carboxylic acids is 1. The van der Waals surface area contributed by atoms with E-state index in [0.717, 1.165) is 25.9 Å². The second-order valence-electron chi connectivity index (χ2n) is 8.13. The lowest BCUT2D eigenvalue weighted by Gasteiger charge is -2.34. The van der Waals surface area contributed by atoms with Crippen LogP contribution in [0.15, 0.2) is 0 Å². The van der Waals surface area contributed by atoms with Crippen LogP contribution in [0.5, 0.6) is 0 Å². The molecule has 0 aliphatic rings. The Bertz CT molecular complexity index is 271. The van der Waals surface area contributed by atoms with Gasteiger partial charge in [0.25, 0.3) is 0 Å². The molecule has 114 valence electrons. The smallest absolute Gasteiger partial charge is 0.223 e. The molecule has 1 N–H and O–H groups in total. The summed E-state index contributed by atoms with van der Waals surface area (Å²) in [5.74, 6) is 0.285. The summed E-state index contributed by atoms with van der Waals surface area (Å²) in [6.45, 7) is 14.9. The summed E-state index contributed by atoms with van der Waals surface area (Å²) >= 11 is 0. The standard InChI is InChI=1S/C16H34N2O/c1-15(2,3)12-13(16(4,5)6)14(19)17-10-9-11-18(7)8/h13H,9-12H2,1-8H3,(H,17,19). The fourth-order valence-corrected chi connectivity index (χ4v) is 2.13. The average Bonchev–Trinajstić information content (AvgIpc) is 2.17. The minimum Gasteiger partial charge on any atom is -0.356 e. The molecule has 1 unspecified atom stereocenters. The van der Waals surface area contributed by atoms with Crippen molar-refractivity contribution in [3.05, 3.63) is 0 Å². The SMILES string of the molecule is CN(C)CCCNC(=O)C(CC(C)(C)C)C(C)(C)C. The first-order valence-electron chi connectivity index (χ1n) is 7.36. The van der Waals surface area contributed by atoms with Gasteiger partial charge in [0.1, 0.15) is 0 Å². The van der Waals surface area contributed by atoms with E-state index in [1.807, 2.05) is 0 Å². The van der Waals surface area contributed by atoms with Crippen LogP contribution in [0.2, 0.25) is 0 Å². The van der Waals surface area contributed by atoms with Crippen molar-refractivity contribution < 1.29 is 4.79 Å². The number of hydrogen-bond donors (Lipinski definition) is 1. The van der Waals surface area contributed by atoms with E-state index in [9.17, 15) is 4.79 Å². The Morgan fingerprint density at radius 2 is 1.63 bits per heavy atom. The molecule has 0 heterocycles. The summed E-state index contributed by atoms with van der Waals surface area (Å²) < 4.78 is 0. The van der Waals surface area contributed by atoms with E-state index in [0.29, 0.717) is 0 Å². The Morgan fingerprint density at radius 1 is 1.11 bits per heavy atom. The zero-order valence-electron chi connectivity index (χ0n) is 14.3. The molecule has 0 aromatic rings. The highest BCUT2D eigenvalue weighted by atomic mass is 16.1. The molecule has 0 aromatic heterocycles. The molecule has 0 radical (unpaired) electrons. The van der Waals surface area contributed by atoms with E-state index in [1.54, 1.807) is 0 Å². The summed E-state index contributed by atoms with van der Waals surface area (Å²) in [6.07, 6.45) is 1.93. The zero-order valence-corrected chi connectivity index (χ0v) is 14.3. The van der Waals surface area contributed by atoms with Gasteiger partial charge in [0, 0.05) is 12.5 Å². The molecule has 1 amide bonds. The highest BCUT2D eigenvalue weighted by Gasteiger charge is 2.34. The van der Waals surface area contributed by atoms with Crippen molar-refractivity contribution in [3.8, 4) is 0 Å². The van der Waals surface area contributed by atoms with Crippen molar-refractivity contribution in [1.29, 1.82) is 0 Å². The van der Waals surface area contributed by atoms with Crippen molar-refractivity contribution in [2.75, 3.05) is 27.2 Å². The molecule has 3 nitrogen and oxygen atoms in total. The third kappa shape index (κ3) is 9.04. The van der Waals surface area contributed by atoms with Crippen LogP contribution in [-0.2, 0) is 4.79 Å². The first-order chi connectivity index (χ1) is 8.43. The van der Waals surface area contributed by atoms with Gasteiger partial charge in [0.05, 0.1) is 0 Å². The van der Waals surface area contributed by atoms with Gasteiger partial charge in [-0.15, -0.1) is 0 Å². The first-order valence-corrected chi connectivity index (χ1v) is 7.36. The lowest BCUT2D eigenvalue weighted by molar-refractivity contribution is -0.129. The Labute approximate surface area is 120 Å². The molecule has 0 aromatic carbocycles. The highest BCUT2D eigenvalue weighted by molar-refractivity contribution is 5.79. The van der Waals surface area contributed by atoms with Crippen LogP contribution in [0.1, 0.15) is 54.4 Å². The summed E-state index contributed by atoms with van der Waals surface area (Å²) in [5.41, 5.74) is 0.192. The maximum atomic E-state index is 12.4. The lowest BCUT2D eigenvalue weighted by Crippen LogP contribution is -2.40. The number of nitrogens with one attached hydrogen (secondary N) is 1. The van der Waals surface area contributed by atoms with Crippen LogP contribution in [0, 0.1) is 16.7 Å². The van der Waals surface area contributed by atoms with Crippen molar-refractivity contribution in [2.45, 2.75) is 54.4 Å². The van der Waals surface area contributed by atoms with E-state index in [4.69, 9.17) is 0 Å². The number of rotatable bonds is 6. The summed E-state index contributed by atoms with van der Waals surface area (Å²) in [7, 11) is 4.11. The second-order valence-corrected chi connectivity index (χ2v) is 8.13. The number of hydrogen-bond acceptors (Lipinski definition) is 2. The minimum absolute atomic E-state index is 0.0128. The van der Waals surface area contributed by atoms with Gasteiger partial charge in [-0.25, -0.2) is 0 Å². The number of amides is 1. The molecule has 0 aliphatic heterocycles. The van der Waals surface area contributed by atoms with Gasteiger partial charge in [-0.3, -0.25) is 4.79 Å². The quantitative estimate of drug-likeness (QED) is 0.752.